The summed E-state index contributed by atoms with van der Waals surface area (Å²) < 4.78 is 0. The number of guanidine groups is 2. The van der Waals surface area contributed by atoms with Crippen LogP contribution in [0.2, 0.25) is 0 Å². The Bertz CT molecular complexity index is 538. The molecule has 5 heteroatoms. The number of rotatable bonds is 1. The van der Waals surface area contributed by atoms with E-state index in [9.17, 15) is 0 Å². The summed E-state index contributed by atoms with van der Waals surface area (Å²) in [5, 5.41) is 6.31. The first-order valence-electron chi connectivity index (χ1n) is 7.21. The molecule has 1 heterocycles. The number of anilines is 1. The van der Waals surface area contributed by atoms with Crippen molar-refractivity contribution in [1.29, 1.82) is 0 Å². The summed E-state index contributed by atoms with van der Waals surface area (Å²) >= 11 is 0. The molecular formula is C15H21N5. The first kappa shape index (κ1) is 13.0. The Balaban J connectivity index is 1.80. The lowest BCUT2D eigenvalue weighted by atomic mass is 9.90. The van der Waals surface area contributed by atoms with Gasteiger partial charge in [-0.2, -0.15) is 0 Å². The zero-order valence-electron chi connectivity index (χ0n) is 11.8. The fraction of sp³-hybridized carbons (Fsp3) is 0.467. The standard InChI is InChI=1S/C15H21N5/c1-11-5-7-12(8-6-11)17-14-18-13(16)19-15(20-14)9-3-2-4-10-15/h5-8H,2-4,9-10H2,1H3,(H4,16,17,18,19,20). The number of hydrogen-bond acceptors (Lipinski definition) is 5. The molecule has 1 saturated carbocycles. The lowest BCUT2D eigenvalue weighted by Crippen LogP contribution is -2.49. The molecule has 3 rings (SSSR count). The molecule has 5 nitrogen and oxygen atoms in total. The molecule has 1 aliphatic carbocycles. The minimum atomic E-state index is -0.347. The van der Waals surface area contributed by atoms with E-state index < -0.39 is 0 Å². The van der Waals surface area contributed by atoms with Gasteiger partial charge in [-0.05, 0) is 44.7 Å². The van der Waals surface area contributed by atoms with E-state index in [0.29, 0.717) is 11.9 Å². The quantitative estimate of drug-likeness (QED) is 0.734. The second kappa shape index (κ2) is 5.15. The first-order valence-corrected chi connectivity index (χ1v) is 7.21. The lowest BCUT2D eigenvalue weighted by molar-refractivity contribution is 0.307. The van der Waals surface area contributed by atoms with Crippen LogP contribution in [0.15, 0.2) is 34.3 Å². The van der Waals surface area contributed by atoms with Crippen molar-refractivity contribution in [3.63, 3.8) is 0 Å². The van der Waals surface area contributed by atoms with Gasteiger partial charge in [0.05, 0.1) is 0 Å². The predicted molar refractivity (Wildman–Crippen MR) is 82.8 cm³/mol. The Hall–Kier alpha value is -2.04. The summed E-state index contributed by atoms with van der Waals surface area (Å²) in [6.07, 6.45) is 5.56. The molecule has 1 aromatic rings. The summed E-state index contributed by atoms with van der Waals surface area (Å²) in [6.45, 7) is 2.07. The van der Waals surface area contributed by atoms with Crippen LogP contribution in [0.4, 0.5) is 5.69 Å². The molecule has 0 unspecified atom stereocenters. The molecule has 1 fully saturated rings. The molecule has 0 bridgehead atoms. The smallest absolute Gasteiger partial charge is 0.205 e. The highest BCUT2D eigenvalue weighted by atomic mass is 15.3. The van der Waals surface area contributed by atoms with Crippen LogP contribution in [0.1, 0.15) is 37.7 Å². The highest BCUT2D eigenvalue weighted by Gasteiger charge is 2.34. The first-order chi connectivity index (χ1) is 9.65. The highest BCUT2D eigenvalue weighted by Crippen LogP contribution is 2.34. The van der Waals surface area contributed by atoms with Crippen LogP contribution in [0.3, 0.4) is 0 Å². The zero-order valence-corrected chi connectivity index (χ0v) is 11.8. The largest absolute Gasteiger partial charge is 0.370 e. The van der Waals surface area contributed by atoms with Gasteiger partial charge in [0, 0.05) is 5.69 Å². The van der Waals surface area contributed by atoms with Crippen molar-refractivity contribution in [2.45, 2.75) is 44.7 Å². The fourth-order valence-corrected chi connectivity index (χ4v) is 2.81. The molecule has 0 atom stereocenters. The zero-order chi connectivity index (χ0) is 14.0. The van der Waals surface area contributed by atoms with Gasteiger partial charge in [-0.25, -0.2) is 9.98 Å². The second-order valence-electron chi connectivity index (χ2n) is 5.62. The van der Waals surface area contributed by atoms with Gasteiger partial charge in [0.1, 0.15) is 0 Å². The average molecular weight is 271 g/mol. The molecule has 0 amide bonds. The van der Waals surface area contributed by atoms with Gasteiger partial charge in [0.15, 0.2) is 11.6 Å². The third-order valence-corrected chi connectivity index (χ3v) is 3.86. The summed E-state index contributed by atoms with van der Waals surface area (Å²) in [5.74, 6) is 1.15. The predicted octanol–water partition coefficient (Wildman–Crippen LogP) is 2.34. The molecular weight excluding hydrogens is 250 g/mol. The van der Waals surface area contributed by atoms with Crippen LogP contribution in [0.5, 0.6) is 0 Å². The van der Waals surface area contributed by atoms with Crippen LogP contribution < -0.4 is 16.4 Å². The monoisotopic (exact) mass is 271 g/mol. The Morgan fingerprint density at radius 3 is 2.50 bits per heavy atom. The van der Waals surface area contributed by atoms with Crippen molar-refractivity contribution in [2.75, 3.05) is 5.32 Å². The molecule has 1 aliphatic heterocycles. The second-order valence-corrected chi connectivity index (χ2v) is 5.62. The van der Waals surface area contributed by atoms with E-state index in [2.05, 4.69) is 34.7 Å². The van der Waals surface area contributed by atoms with Crippen molar-refractivity contribution >= 4 is 17.6 Å². The maximum absolute atomic E-state index is 5.93. The van der Waals surface area contributed by atoms with Gasteiger partial charge in [-0.1, -0.05) is 24.1 Å². The van der Waals surface area contributed by atoms with Crippen LogP contribution in [-0.2, 0) is 0 Å². The third-order valence-electron chi connectivity index (χ3n) is 3.86. The van der Waals surface area contributed by atoms with E-state index in [4.69, 9.17) is 10.7 Å². The Labute approximate surface area is 119 Å². The Morgan fingerprint density at radius 1 is 1.10 bits per heavy atom. The summed E-state index contributed by atoms with van der Waals surface area (Å²) in [7, 11) is 0. The number of hydrogen-bond donors (Lipinski definition) is 3. The van der Waals surface area contributed by atoms with Crippen molar-refractivity contribution in [1.82, 2.24) is 5.32 Å². The van der Waals surface area contributed by atoms with Gasteiger partial charge in [0.2, 0.25) is 5.96 Å². The Kier molecular flexibility index (Phi) is 3.34. The highest BCUT2D eigenvalue weighted by molar-refractivity contribution is 6.06. The molecule has 20 heavy (non-hydrogen) atoms. The number of aliphatic imine (C=N–C) groups is 2. The van der Waals surface area contributed by atoms with E-state index in [-0.39, 0.29) is 5.66 Å². The summed E-state index contributed by atoms with van der Waals surface area (Å²) in [6, 6.07) is 8.21. The van der Waals surface area contributed by atoms with Crippen molar-refractivity contribution in [2.24, 2.45) is 15.7 Å². The lowest BCUT2D eigenvalue weighted by Gasteiger charge is -2.34. The van der Waals surface area contributed by atoms with E-state index in [1.54, 1.807) is 0 Å². The third kappa shape index (κ3) is 2.76. The summed E-state index contributed by atoms with van der Waals surface area (Å²) in [4.78, 5) is 9.30. The molecule has 0 radical (unpaired) electrons. The molecule has 1 spiro atoms. The number of nitrogens with two attached hydrogens (primary N) is 1. The van der Waals surface area contributed by atoms with E-state index >= 15 is 0 Å². The molecule has 4 N–H and O–H groups in total. The molecule has 1 aromatic carbocycles. The van der Waals surface area contributed by atoms with Crippen LogP contribution in [0.25, 0.3) is 0 Å². The average Bonchev–Trinajstić information content (AvgIpc) is 2.41. The van der Waals surface area contributed by atoms with Crippen LogP contribution in [0, 0.1) is 6.92 Å². The van der Waals surface area contributed by atoms with E-state index in [1.165, 1.54) is 12.0 Å². The van der Waals surface area contributed by atoms with E-state index in [0.717, 1.165) is 31.4 Å². The number of benzene rings is 1. The van der Waals surface area contributed by atoms with Gasteiger partial charge < -0.3 is 11.1 Å². The summed E-state index contributed by atoms with van der Waals surface area (Å²) in [5.41, 5.74) is 7.82. The topological polar surface area (TPSA) is 74.8 Å². The van der Waals surface area contributed by atoms with Crippen molar-refractivity contribution in [3.8, 4) is 0 Å². The maximum atomic E-state index is 5.93. The maximum Gasteiger partial charge on any atom is 0.205 e. The number of aryl methyl sites for hydroxylation is 1. The number of nitrogens with zero attached hydrogens (tertiary/aromatic N) is 2. The molecule has 106 valence electrons. The van der Waals surface area contributed by atoms with Crippen LogP contribution >= 0.6 is 0 Å². The van der Waals surface area contributed by atoms with Gasteiger partial charge in [-0.15, -0.1) is 0 Å². The van der Waals surface area contributed by atoms with Gasteiger partial charge >= 0.3 is 0 Å². The molecule has 0 saturated heterocycles. The van der Waals surface area contributed by atoms with Gasteiger partial charge in [-0.3, -0.25) is 5.32 Å². The van der Waals surface area contributed by atoms with Crippen molar-refractivity contribution in [3.05, 3.63) is 29.8 Å². The normalized spacial score (nSPS) is 20.9. The minimum absolute atomic E-state index is 0.347. The SMILES string of the molecule is Cc1ccc(NC2=NC3(CCCCC3)N=C(N)N2)cc1. The van der Waals surface area contributed by atoms with Crippen molar-refractivity contribution < 1.29 is 0 Å². The van der Waals surface area contributed by atoms with Crippen LogP contribution in [-0.4, -0.2) is 17.6 Å². The molecule has 0 aromatic heterocycles. The van der Waals surface area contributed by atoms with E-state index in [1.807, 2.05) is 12.1 Å². The minimum Gasteiger partial charge on any atom is -0.370 e. The van der Waals surface area contributed by atoms with Gasteiger partial charge in [0.25, 0.3) is 0 Å². The fourth-order valence-electron chi connectivity index (χ4n) is 2.81. The Morgan fingerprint density at radius 2 is 1.80 bits per heavy atom. The number of nitrogens with one attached hydrogen (secondary N) is 2. The molecule has 2 aliphatic rings.